The zero-order valence-corrected chi connectivity index (χ0v) is 18.8. The molecule has 0 spiro atoms. The third-order valence-electron chi connectivity index (χ3n) is 4.20. The number of ether oxygens (including phenoxy) is 1. The van der Waals surface area contributed by atoms with E-state index in [1.165, 1.54) is 19.3 Å². The lowest BCUT2D eigenvalue weighted by Gasteiger charge is -2.21. The van der Waals surface area contributed by atoms with Crippen LogP contribution in [0.3, 0.4) is 0 Å². The van der Waals surface area contributed by atoms with E-state index in [1.807, 2.05) is 18.2 Å². The maximum absolute atomic E-state index is 11.9. The Morgan fingerprint density at radius 1 is 1.07 bits per heavy atom. The van der Waals surface area contributed by atoms with Crippen LogP contribution in [0.2, 0.25) is 0 Å². The van der Waals surface area contributed by atoms with Gasteiger partial charge in [-0.15, -0.1) is 0 Å². The van der Waals surface area contributed by atoms with E-state index in [9.17, 15) is 14.7 Å². The first-order chi connectivity index (χ1) is 14.4. The first kappa shape index (κ1) is 28.2. The van der Waals surface area contributed by atoms with Crippen molar-refractivity contribution in [3.05, 3.63) is 48.6 Å². The second-order valence-corrected chi connectivity index (χ2v) is 7.31. The van der Waals surface area contributed by atoms with Crippen LogP contribution in [0.4, 0.5) is 0 Å². The minimum absolute atomic E-state index is 0.0602. The summed E-state index contributed by atoms with van der Waals surface area (Å²) in [6.45, 7) is 2.19. The normalized spacial score (nSPS) is 15.3. The first-order valence-electron chi connectivity index (χ1n) is 10.5. The molecule has 7 heteroatoms. The molecule has 6 nitrogen and oxygen atoms in total. The summed E-state index contributed by atoms with van der Waals surface area (Å²) in [6, 6.07) is -0.885. The van der Waals surface area contributed by atoms with Gasteiger partial charge in [-0.1, -0.05) is 62.3 Å². The van der Waals surface area contributed by atoms with Crippen LogP contribution in [0, 0.1) is 0 Å². The molecule has 3 atom stereocenters. The van der Waals surface area contributed by atoms with Gasteiger partial charge >= 0.3 is 11.9 Å². The Kier molecular flexibility index (Phi) is 18.0. The summed E-state index contributed by atoms with van der Waals surface area (Å²) in [6.07, 6.45) is 19.3. The molecule has 0 aromatic carbocycles. The van der Waals surface area contributed by atoms with Crippen LogP contribution >= 0.6 is 12.6 Å². The largest absolute Gasteiger partial charge is 0.481 e. The predicted molar refractivity (Wildman–Crippen MR) is 125 cm³/mol. The van der Waals surface area contributed by atoms with Crippen LogP contribution in [0.25, 0.3) is 0 Å². The van der Waals surface area contributed by atoms with Crippen molar-refractivity contribution in [2.75, 3.05) is 5.75 Å². The highest BCUT2D eigenvalue weighted by Gasteiger charge is 2.23. The van der Waals surface area contributed by atoms with Gasteiger partial charge < -0.3 is 20.7 Å². The Labute approximate surface area is 186 Å². The number of nitrogens with two attached hydrogens (primary N) is 1. The Hall–Kier alpha value is -1.83. The van der Waals surface area contributed by atoms with Crippen molar-refractivity contribution in [1.29, 1.82) is 0 Å². The number of hydrogen-bond donors (Lipinski definition) is 4. The predicted octanol–water partition coefficient (Wildman–Crippen LogP) is 3.97. The van der Waals surface area contributed by atoms with Crippen LogP contribution in [0.15, 0.2) is 48.6 Å². The van der Waals surface area contributed by atoms with E-state index in [2.05, 4.69) is 31.7 Å². The molecule has 0 aliphatic rings. The minimum Gasteiger partial charge on any atom is -0.481 e. The molecule has 0 saturated carbocycles. The molecule has 170 valence electrons. The Balaban J connectivity index is 4.59. The molecule has 0 amide bonds. The average Bonchev–Trinajstić information content (AvgIpc) is 2.72. The van der Waals surface area contributed by atoms with E-state index in [4.69, 9.17) is 15.6 Å². The summed E-state index contributed by atoms with van der Waals surface area (Å²) >= 11 is 3.97. The quantitative estimate of drug-likeness (QED) is 0.0898. The fraction of sp³-hybridized carbons (Fsp3) is 0.565. The number of rotatable bonds is 17. The van der Waals surface area contributed by atoms with Gasteiger partial charge in [0.15, 0.2) is 0 Å². The highest BCUT2D eigenvalue weighted by atomic mass is 32.1. The second kappa shape index (κ2) is 19.2. The van der Waals surface area contributed by atoms with Crippen molar-refractivity contribution in [3.8, 4) is 0 Å². The number of aliphatic hydroxyl groups excluding tert-OH is 1. The molecular weight excluding hydrogens is 402 g/mol. The van der Waals surface area contributed by atoms with Gasteiger partial charge in [0.2, 0.25) is 0 Å². The van der Waals surface area contributed by atoms with Gasteiger partial charge in [-0.2, -0.15) is 12.6 Å². The molecule has 0 aliphatic heterocycles. The van der Waals surface area contributed by atoms with Crippen molar-refractivity contribution in [3.63, 3.8) is 0 Å². The zero-order valence-electron chi connectivity index (χ0n) is 17.9. The SMILES string of the molecule is CCCCC/C=C\C\C=C/C=C/C=C/C(OC(=O)[C@@H](N)CS)[C@@H](O)CCCC(=O)O. The lowest BCUT2D eigenvalue weighted by atomic mass is 10.1. The van der Waals surface area contributed by atoms with Crippen LogP contribution in [0.1, 0.15) is 58.3 Å². The van der Waals surface area contributed by atoms with Gasteiger partial charge in [-0.25, -0.2) is 0 Å². The lowest BCUT2D eigenvalue weighted by molar-refractivity contribution is -0.153. The van der Waals surface area contributed by atoms with E-state index in [-0.39, 0.29) is 25.0 Å². The summed E-state index contributed by atoms with van der Waals surface area (Å²) in [7, 11) is 0. The molecule has 4 N–H and O–H groups in total. The molecule has 0 aromatic rings. The second-order valence-electron chi connectivity index (χ2n) is 6.94. The molecule has 0 heterocycles. The monoisotopic (exact) mass is 439 g/mol. The average molecular weight is 440 g/mol. The summed E-state index contributed by atoms with van der Waals surface area (Å²) < 4.78 is 5.26. The standard InChI is InChI=1S/C23H37NO5S/c1-2-3-4-5-6-7-8-9-10-11-12-13-16-21(29-23(28)19(24)18-30)20(25)15-14-17-22(26)27/h6-7,9-13,16,19-21,25,30H,2-5,8,14-15,17-18,24H2,1H3,(H,26,27)/b7-6-,10-9-,12-11+,16-13+/t19-,20-,21?/m0/s1. The number of carboxylic acids is 1. The molecule has 0 aromatic heterocycles. The highest BCUT2D eigenvalue weighted by molar-refractivity contribution is 7.80. The van der Waals surface area contributed by atoms with E-state index in [0.29, 0.717) is 0 Å². The van der Waals surface area contributed by atoms with Crippen molar-refractivity contribution in [2.24, 2.45) is 5.73 Å². The molecule has 0 rings (SSSR count). The Bertz CT molecular complexity index is 586. The minimum atomic E-state index is -1.02. The van der Waals surface area contributed by atoms with Gasteiger partial charge in [0.05, 0.1) is 6.10 Å². The van der Waals surface area contributed by atoms with Crippen LogP contribution in [0.5, 0.6) is 0 Å². The lowest BCUT2D eigenvalue weighted by Crippen LogP contribution is -2.39. The first-order valence-corrected chi connectivity index (χ1v) is 11.2. The van der Waals surface area contributed by atoms with Crippen molar-refractivity contribution < 1.29 is 24.5 Å². The number of unbranched alkanes of at least 4 members (excludes halogenated alkanes) is 3. The van der Waals surface area contributed by atoms with E-state index >= 15 is 0 Å². The number of aliphatic carboxylic acids is 1. The molecule has 0 aliphatic carbocycles. The fourth-order valence-electron chi connectivity index (χ4n) is 2.43. The third kappa shape index (κ3) is 16.0. The van der Waals surface area contributed by atoms with E-state index in [0.717, 1.165) is 12.8 Å². The molecule has 30 heavy (non-hydrogen) atoms. The van der Waals surface area contributed by atoms with Crippen LogP contribution < -0.4 is 5.73 Å². The molecular formula is C23H37NO5S. The fourth-order valence-corrected chi connectivity index (χ4v) is 2.58. The Morgan fingerprint density at radius 3 is 2.47 bits per heavy atom. The van der Waals surface area contributed by atoms with E-state index in [1.54, 1.807) is 18.2 Å². The highest BCUT2D eigenvalue weighted by Crippen LogP contribution is 2.11. The van der Waals surface area contributed by atoms with Gasteiger partial charge in [0, 0.05) is 12.2 Å². The molecule has 0 bridgehead atoms. The number of aliphatic hydroxyl groups is 1. The van der Waals surface area contributed by atoms with Gasteiger partial charge in [-0.3, -0.25) is 9.59 Å². The number of hydrogen-bond acceptors (Lipinski definition) is 6. The summed E-state index contributed by atoms with van der Waals surface area (Å²) in [5.41, 5.74) is 5.61. The number of allylic oxidation sites excluding steroid dienone is 7. The maximum Gasteiger partial charge on any atom is 0.324 e. The Morgan fingerprint density at radius 2 is 1.80 bits per heavy atom. The number of thiol groups is 1. The van der Waals surface area contributed by atoms with Crippen LogP contribution in [-0.2, 0) is 14.3 Å². The van der Waals surface area contributed by atoms with Crippen molar-refractivity contribution in [1.82, 2.24) is 0 Å². The van der Waals surface area contributed by atoms with Gasteiger partial charge in [0.1, 0.15) is 12.1 Å². The molecule has 0 radical (unpaired) electrons. The van der Waals surface area contributed by atoms with Crippen LogP contribution in [-0.4, -0.2) is 46.2 Å². The van der Waals surface area contributed by atoms with Gasteiger partial charge in [-0.05, 0) is 38.2 Å². The number of carbonyl (C=O) groups is 2. The number of carboxylic acid groups (broad SMARTS) is 1. The van der Waals surface area contributed by atoms with E-state index < -0.39 is 30.2 Å². The third-order valence-corrected chi connectivity index (χ3v) is 4.60. The molecule has 0 fully saturated rings. The summed E-state index contributed by atoms with van der Waals surface area (Å²) in [5, 5.41) is 19.0. The number of carbonyl (C=O) groups excluding carboxylic acids is 1. The topological polar surface area (TPSA) is 110 Å². The smallest absolute Gasteiger partial charge is 0.324 e. The molecule has 0 saturated heterocycles. The van der Waals surface area contributed by atoms with Crippen molar-refractivity contribution in [2.45, 2.75) is 76.5 Å². The van der Waals surface area contributed by atoms with Gasteiger partial charge in [0.25, 0.3) is 0 Å². The summed E-state index contributed by atoms with van der Waals surface area (Å²) in [4.78, 5) is 22.5. The zero-order chi connectivity index (χ0) is 22.6. The molecule has 1 unspecified atom stereocenters. The summed E-state index contributed by atoms with van der Waals surface area (Å²) in [5.74, 6) is -1.47. The number of esters is 1. The van der Waals surface area contributed by atoms with Crippen molar-refractivity contribution >= 4 is 24.6 Å². The maximum atomic E-state index is 11.9.